The SMILES string of the molecule is Cc1cc(C#CCN)cc(NC(=O)Nc2ccccc2)c1. The smallest absolute Gasteiger partial charge is 0.320 e. The van der Waals surface area contributed by atoms with Gasteiger partial charge in [0, 0.05) is 16.9 Å². The van der Waals surface area contributed by atoms with Crippen molar-refractivity contribution < 1.29 is 4.79 Å². The van der Waals surface area contributed by atoms with Gasteiger partial charge in [0.15, 0.2) is 0 Å². The van der Waals surface area contributed by atoms with E-state index in [-0.39, 0.29) is 6.03 Å². The van der Waals surface area contributed by atoms with Crippen LogP contribution < -0.4 is 16.4 Å². The molecule has 0 saturated heterocycles. The van der Waals surface area contributed by atoms with Gasteiger partial charge >= 0.3 is 6.03 Å². The van der Waals surface area contributed by atoms with Crippen molar-refractivity contribution in [1.82, 2.24) is 0 Å². The minimum atomic E-state index is -0.287. The van der Waals surface area contributed by atoms with E-state index in [1.165, 1.54) is 0 Å². The van der Waals surface area contributed by atoms with E-state index in [0.717, 1.165) is 16.8 Å². The van der Waals surface area contributed by atoms with Gasteiger partial charge < -0.3 is 16.4 Å². The van der Waals surface area contributed by atoms with E-state index in [4.69, 9.17) is 5.73 Å². The van der Waals surface area contributed by atoms with Crippen LogP contribution in [0.2, 0.25) is 0 Å². The molecule has 4 N–H and O–H groups in total. The molecule has 0 bridgehead atoms. The van der Waals surface area contributed by atoms with Crippen molar-refractivity contribution in [3.8, 4) is 11.8 Å². The number of urea groups is 1. The lowest BCUT2D eigenvalue weighted by molar-refractivity contribution is 0.262. The molecular formula is C17H17N3O. The number of nitrogens with one attached hydrogen (secondary N) is 2. The minimum absolute atomic E-state index is 0.287. The molecule has 0 fully saturated rings. The van der Waals surface area contributed by atoms with Crippen molar-refractivity contribution in [3.05, 3.63) is 59.7 Å². The van der Waals surface area contributed by atoms with Crippen LogP contribution in [0.25, 0.3) is 0 Å². The third-order valence-corrected chi connectivity index (χ3v) is 2.70. The Hall–Kier alpha value is -2.77. The summed E-state index contributed by atoms with van der Waals surface area (Å²) in [6.07, 6.45) is 0. The highest BCUT2D eigenvalue weighted by Gasteiger charge is 2.03. The fourth-order valence-electron chi connectivity index (χ4n) is 1.90. The summed E-state index contributed by atoms with van der Waals surface area (Å²) in [7, 11) is 0. The standard InChI is InChI=1S/C17H17N3O/c1-13-10-14(6-5-9-18)12-16(11-13)20-17(21)19-15-7-3-2-4-8-15/h2-4,7-8,10-12H,9,18H2,1H3,(H2,19,20,21). The number of nitrogens with two attached hydrogens (primary N) is 1. The zero-order valence-corrected chi connectivity index (χ0v) is 11.8. The molecule has 0 aliphatic rings. The molecule has 0 atom stereocenters. The maximum absolute atomic E-state index is 11.9. The molecule has 4 heteroatoms. The van der Waals surface area contributed by atoms with E-state index in [1.54, 1.807) is 0 Å². The predicted molar refractivity (Wildman–Crippen MR) is 86.2 cm³/mol. The second-order valence-electron chi connectivity index (χ2n) is 4.54. The summed E-state index contributed by atoms with van der Waals surface area (Å²) in [5, 5.41) is 5.57. The Kier molecular flexibility index (Phi) is 4.97. The van der Waals surface area contributed by atoms with Crippen LogP contribution in [0.5, 0.6) is 0 Å². The van der Waals surface area contributed by atoms with Crippen LogP contribution in [0.3, 0.4) is 0 Å². The van der Waals surface area contributed by atoms with Gasteiger partial charge in [-0.25, -0.2) is 4.79 Å². The second kappa shape index (κ2) is 7.13. The highest BCUT2D eigenvalue weighted by Crippen LogP contribution is 2.14. The highest BCUT2D eigenvalue weighted by molar-refractivity contribution is 5.99. The van der Waals surface area contributed by atoms with Crippen molar-refractivity contribution in [1.29, 1.82) is 0 Å². The minimum Gasteiger partial charge on any atom is -0.320 e. The van der Waals surface area contributed by atoms with Gasteiger partial charge in [-0.1, -0.05) is 30.0 Å². The third-order valence-electron chi connectivity index (χ3n) is 2.70. The van der Waals surface area contributed by atoms with E-state index < -0.39 is 0 Å². The number of amides is 2. The maximum atomic E-state index is 11.9. The summed E-state index contributed by atoms with van der Waals surface area (Å²) < 4.78 is 0. The van der Waals surface area contributed by atoms with Crippen LogP contribution in [-0.2, 0) is 0 Å². The van der Waals surface area contributed by atoms with E-state index in [1.807, 2.05) is 55.5 Å². The molecule has 0 heterocycles. The Bertz CT molecular complexity index is 684. The van der Waals surface area contributed by atoms with Crippen LogP contribution in [0.4, 0.5) is 16.2 Å². The van der Waals surface area contributed by atoms with Gasteiger partial charge in [-0.3, -0.25) is 0 Å². The number of aryl methyl sites for hydroxylation is 1. The van der Waals surface area contributed by atoms with Crippen LogP contribution in [-0.4, -0.2) is 12.6 Å². The molecule has 0 aromatic heterocycles. The fourth-order valence-corrected chi connectivity index (χ4v) is 1.90. The second-order valence-corrected chi connectivity index (χ2v) is 4.54. The summed E-state index contributed by atoms with van der Waals surface area (Å²) in [4.78, 5) is 11.9. The summed E-state index contributed by atoms with van der Waals surface area (Å²) in [6, 6.07) is 14.6. The Morgan fingerprint density at radius 1 is 1.10 bits per heavy atom. The normalized spacial score (nSPS) is 9.43. The first-order valence-corrected chi connectivity index (χ1v) is 6.61. The number of para-hydroxylation sites is 1. The average molecular weight is 279 g/mol. The number of hydrogen-bond acceptors (Lipinski definition) is 2. The molecule has 2 aromatic rings. The fraction of sp³-hybridized carbons (Fsp3) is 0.118. The summed E-state index contributed by atoms with van der Waals surface area (Å²) in [6.45, 7) is 2.26. The van der Waals surface area contributed by atoms with Crippen molar-refractivity contribution in [2.45, 2.75) is 6.92 Å². The number of hydrogen-bond donors (Lipinski definition) is 3. The first-order valence-electron chi connectivity index (χ1n) is 6.61. The Morgan fingerprint density at radius 2 is 1.81 bits per heavy atom. The van der Waals surface area contributed by atoms with Gasteiger partial charge in [0.2, 0.25) is 0 Å². The zero-order valence-electron chi connectivity index (χ0n) is 11.8. The zero-order chi connectivity index (χ0) is 15.1. The Morgan fingerprint density at radius 3 is 2.52 bits per heavy atom. The van der Waals surface area contributed by atoms with Gasteiger partial charge in [-0.2, -0.15) is 0 Å². The van der Waals surface area contributed by atoms with Crippen molar-refractivity contribution in [2.24, 2.45) is 5.73 Å². The first-order chi connectivity index (χ1) is 10.2. The van der Waals surface area contributed by atoms with E-state index in [0.29, 0.717) is 12.2 Å². The van der Waals surface area contributed by atoms with Crippen LogP contribution in [0.15, 0.2) is 48.5 Å². The van der Waals surface area contributed by atoms with Crippen LogP contribution >= 0.6 is 0 Å². The molecule has 106 valence electrons. The number of carbonyl (C=O) groups is 1. The van der Waals surface area contributed by atoms with Gasteiger partial charge in [-0.15, -0.1) is 0 Å². The van der Waals surface area contributed by atoms with Crippen LogP contribution in [0.1, 0.15) is 11.1 Å². The van der Waals surface area contributed by atoms with Crippen molar-refractivity contribution in [2.75, 3.05) is 17.2 Å². The summed E-state index contributed by atoms with van der Waals surface area (Å²) in [5.41, 5.74) is 8.66. The number of carbonyl (C=O) groups excluding carboxylic acids is 1. The molecule has 2 amide bonds. The molecule has 0 saturated carbocycles. The molecule has 4 nitrogen and oxygen atoms in total. The molecule has 0 spiro atoms. The third kappa shape index (κ3) is 4.68. The number of benzene rings is 2. The molecule has 0 radical (unpaired) electrons. The van der Waals surface area contributed by atoms with E-state index >= 15 is 0 Å². The van der Waals surface area contributed by atoms with Gasteiger partial charge in [0.05, 0.1) is 6.54 Å². The lowest BCUT2D eigenvalue weighted by Gasteiger charge is -2.09. The van der Waals surface area contributed by atoms with Gasteiger partial charge in [0.25, 0.3) is 0 Å². The van der Waals surface area contributed by atoms with Crippen molar-refractivity contribution >= 4 is 17.4 Å². The monoisotopic (exact) mass is 279 g/mol. The van der Waals surface area contributed by atoms with Gasteiger partial charge in [0.1, 0.15) is 0 Å². The first kappa shape index (κ1) is 14.6. The lowest BCUT2D eigenvalue weighted by atomic mass is 10.1. The molecule has 2 rings (SSSR count). The number of rotatable bonds is 2. The molecule has 0 unspecified atom stereocenters. The van der Waals surface area contributed by atoms with Crippen molar-refractivity contribution in [3.63, 3.8) is 0 Å². The molecule has 0 aliphatic carbocycles. The average Bonchev–Trinajstić information content (AvgIpc) is 2.45. The highest BCUT2D eigenvalue weighted by atomic mass is 16.2. The topological polar surface area (TPSA) is 67.1 Å². The van der Waals surface area contributed by atoms with E-state index in [2.05, 4.69) is 22.5 Å². The predicted octanol–water partition coefficient (Wildman–Crippen LogP) is 2.95. The van der Waals surface area contributed by atoms with Gasteiger partial charge in [-0.05, 0) is 42.8 Å². The molecule has 0 aliphatic heterocycles. The summed E-state index contributed by atoms with van der Waals surface area (Å²) in [5.74, 6) is 5.76. The largest absolute Gasteiger partial charge is 0.323 e. The van der Waals surface area contributed by atoms with Crippen LogP contribution in [0, 0.1) is 18.8 Å². The van der Waals surface area contributed by atoms with E-state index in [9.17, 15) is 4.79 Å². The quantitative estimate of drug-likeness (QED) is 0.740. The molecular weight excluding hydrogens is 262 g/mol. The number of anilines is 2. The molecule has 2 aromatic carbocycles. The Labute approximate surface area is 124 Å². The summed E-state index contributed by atoms with van der Waals surface area (Å²) >= 11 is 0. The maximum Gasteiger partial charge on any atom is 0.323 e. The molecule has 21 heavy (non-hydrogen) atoms. The lowest BCUT2D eigenvalue weighted by Crippen LogP contribution is -2.19. The Balaban J connectivity index is 2.08.